The number of amides is 1. The summed E-state index contributed by atoms with van der Waals surface area (Å²) in [6.45, 7) is 5.91. The Morgan fingerprint density at radius 2 is 1.73 bits per heavy atom. The molecule has 8 heteroatoms. The van der Waals surface area contributed by atoms with Crippen LogP contribution in [0.25, 0.3) is 5.69 Å². The van der Waals surface area contributed by atoms with Gasteiger partial charge in [-0.2, -0.15) is 18.3 Å². The minimum atomic E-state index is -4.71. The third-order valence-electron chi connectivity index (χ3n) is 4.25. The van der Waals surface area contributed by atoms with Gasteiger partial charge in [-0.25, -0.2) is 4.68 Å². The summed E-state index contributed by atoms with van der Waals surface area (Å²) in [5.74, 6) is -0.683. The lowest BCUT2D eigenvalue weighted by atomic mass is 10.1. The van der Waals surface area contributed by atoms with Crippen molar-refractivity contribution in [3.8, 4) is 5.69 Å². The summed E-state index contributed by atoms with van der Waals surface area (Å²) in [5.41, 5.74) is -0.328. The van der Waals surface area contributed by atoms with Gasteiger partial charge in [0.05, 0.1) is 29.7 Å². The van der Waals surface area contributed by atoms with Crippen LogP contribution in [0.1, 0.15) is 35.5 Å². The normalized spacial score (nSPS) is 21.1. The highest BCUT2D eigenvalue weighted by atomic mass is 19.4. The first kappa shape index (κ1) is 18.4. The molecular formula is C18H20F3N3O2. The molecule has 2 aromatic rings. The third-order valence-corrected chi connectivity index (χ3v) is 4.25. The first-order valence-corrected chi connectivity index (χ1v) is 8.34. The van der Waals surface area contributed by atoms with Gasteiger partial charge in [0.2, 0.25) is 0 Å². The lowest BCUT2D eigenvalue weighted by Gasteiger charge is -2.35. The summed E-state index contributed by atoms with van der Waals surface area (Å²) < 4.78 is 47.5. The van der Waals surface area contributed by atoms with Gasteiger partial charge in [-0.1, -0.05) is 17.7 Å². The zero-order valence-corrected chi connectivity index (χ0v) is 14.7. The fourth-order valence-corrected chi connectivity index (χ4v) is 3.17. The van der Waals surface area contributed by atoms with Gasteiger partial charge in [0.25, 0.3) is 5.91 Å². The van der Waals surface area contributed by atoms with Crippen molar-refractivity contribution in [2.75, 3.05) is 13.1 Å². The molecule has 0 bridgehead atoms. The molecule has 1 aromatic carbocycles. The van der Waals surface area contributed by atoms with E-state index in [1.165, 1.54) is 4.90 Å². The second-order valence-electron chi connectivity index (χ2n) is 6.62. The van der Waals surface area contributed by atoms with E-state index in [2.05, 4.69) is 5.10 Å². The Bertz CT molecular complexity index is 789. The van der Waals surface area contributed by atoms with E-state index in [4.69, 9.17) is 4.74 Å². The second kappa shape index (κ2) is 6.75. The summed E-state index contributed by atoms with van der Waals surface area (Å²) in [6, 6.07) is 6.49. The number of benzene rings is 1. The van der Waals surface area contributed by atoms with E-state index >= 15 is 0 Å². The van der Waals surface area contributed by atoms with Crippen molar-refractivity contribution in [1.82, 2.24) is 14.7 Å². The van der Waals surface area contributed by atoms with E-state index in [1.807, 2.05) is 6.92 Å². The van der Waals surface area contributed by atoms with E-state index < -0.39 is 23.3 Å². The smallest absolute Gasteiger partial charge is 0.372 e. The van der Waals surface area contributed by atoms with Crippen molar-refractivity contribution >= 4 is 5.91 Å². The molecule has 1 aliphatic rings. The van der Waals surface area contributed by atoms with E-state index in [0.717, 1.165) is 16.4 Å². The van der Waals surface area contributed by atoms with Crippen molar-refractivity contribution in [3.05, 3.63) is 47.3 Å². The number of hydrogen-bond acceptors (Lipinski definition) is 3. The molecule has 1 amide bonds. The molecular weight excluding hydrogens is 347 g/mol. The summed E-state index contributed by atoms with van der Waals surface area (Å²) in [7, 11) is 0. The van der Waals surface area contributed by atoms with Crippen LogP contribution in [0.5, 0.6) is 0 Å². The Morgan fingerprint density at radius 1 is 1.15 bits per heavy atom. The first-order valence-electron chi connectivity index (χ1n) is 8.34. The molecule has 3 rings (SSSR count). The molecule has 2 atom stereocenters. The van der Waals surface area contributed by atoms with Gasteiger partial charge in [-0.3, -0.25) is 4.79 Å². The summed E-state index contributed by atoms with van der Waals surface area (Å²) in [5, 5.41) is 3.85. The van der Waals surface area contributed by atoms with Gasteiger partial charge >= 0.3 is 6.18 Å². The summed E-state index contributed by atoms with van der Waals surface area (Å²) in [6.07, 6.45) is -4.18. The van der Waals surface area contributed by atoms with Gasteiger partial charge < -0.3 is 9.64 Å². The predicted octanol–water partition coefficient (Wildman–Crippen LogP) is 3.45. The monoisotopic (exact) mass is 367 g/mol. The van der Waals surface area contributed by atoms with E-state index in [9.17, 15) is 18.0 Å². The standard InChI is InChI=1S/C18H20F3N3O2/c1-11-4-6-14(7-5-11)24-16(18(19,20)21)15(8-22-24)17(25)23-9-12(2)26-13(3)10-23/h4-8,12-13H,9-10H2,1-3H3/t12-,13+. The van der Waals surface area contributed by atoms with Gasteiger partial charge in [0.15, 0.2) is 5.69 Å². The van der Waals surface area contributed by atoms with Gasteiger partial charge in [0.1, 0.15) is 0 Å². The molecule has 0 spiro atoms. The number of hydrogen-bond donors (Lipinski definition) is 0. The Labute approximate surface area is 149 Å². The number of rotatable bonds is 2. The number of alkyl halides is 3. The molecule has 1 fully saturated rings. The molecule has 0 N–H and O–H groups in total. The van der Waals surface area contributed by atoms with Crippen LogP contribution in [0.15, 0.2) is 30.5 Å². The Morgan fingerprint density at radius 3 is 2.27 bits per heavy atom. The molecule has 0 aliphatic carbocycles. The highest BCUT2D eigenvalue weighted by Gasteiger charge is 2.42. The van der Waals surface area contributed by atoms with Crippen LogP contribution in [-0.2, 0) is 10.9 Å². The fourth-order valence-electron chi connectivity index (χ4n) is 3.17. The maximum Gasteiger partial charge on any atom is 0.434 e. The van der Waals surface area contributed by atoms with E-state index in [1.54, 1.807) is 38.1 Å². The van der Waals surface area contributed by atoms with Crippen LogP contribution >= 0.6 is 0 Å². The molecule has 1 saturated heterocycles. The van der Waals surface area contributed by atoms with Crippen LogP contribution in [0.4, 0.5) is 13.2 Å². The molecule has 0 radical (unpaired) electrons. The van der Waals surface area contributed by atoms with Gasteiger partial charge in [-0.05, 0) is 32.9 Å². The number of ether oxygens (including phenoxy) is 1. The number of nitrogens with zero attached hydrogens (tertiary/aromatic N) is 3. The third kappa shape index (κ3) is 3.60. The average Bonchev–Trinajstić information content (AvgIpc) is 2.99. The SMILES string of the molecule is Cc1ccc(-n2ncc(C(=O)N3C[C@@H](C)O[C@@H](C)C3)c2C(F)(F)F)cc1. The zero-order valence-electron chi connectivity index (χ0n) is 14.7. The van der Waals surface area contributed by atoms with Crippen molar-refractivity contribution < 1.29 is 22.7 Å². The minimum absolute atomic E-state index is 0.232. The maximum absolute atomic E-state index is 13.7. The lowest BCUT2D eigenvalue weighted by Crippen LogP contribution is -2.48. The lowest BCUT2D eigenvalue weighted by molar-refractivity contribution is -0.143. The van der Waals surface area contributed by atoms with E-state index in [-0.39, 0.29) is 31.0 Å². The Hall–Kier alpha value is -2.35. The molecule has 5 nitrogen and oxygen atoms in total. The molecule has 1 aromatic heterocycles. The van der Waals surface area contributed by atoms with Crippen LogP contribution in [0, 0.1) is 6.92 Å². The van der Waals surface area contributed by atoms with Crippen LogP contribution in [-0.4, -0.2) is 45.9 Å². The Kier molecular flexibility index (Phi) is 4.79. The average molecular weight is 367 g/mol. The molecule has 0 unspecified atom stereocenters. The van der Waals surface area contributed by atoms with Crippen molar-refractivity contribution in [1.29, 1.82) is 0 Å². The van der Waals surface area contributed by atoms with Crippen LogP contribution in [0.2, 0.25) is 0 Å². The molecule has 26 heavy (non-hydrogen) atoms. The number of aromatic nitrogens is 2. The zero-order chi connectivity index (χ0) is 19.1. The van der Waals surface area contributed by atoms with E-state index in [0.29, 0.717) is 0 Å². The Balaban J connectivity index is 2.02. The number of morpholine rings is 1. The maximum atomic E-state index is 13.7. The fraction of sp³-hybridized carbons (Fsp3) is 0.444. The summed E-state index contributed by atoms with van der Waals surface area (Å²) in [4.78, 5) is 14.2. The van der Waals surface area contributed by atoms with Crippen molar-refractivity contribution in [3.63, 3.8) is 0 Å². The highest BCUT2D eigenvalue weighted by molar-refractivity contribution is 5.95. The highest BCUT2D eigenvalue weighted by Crippen LogP contribution is 2.34. The van der Waals surface area contributed by atoms with Gasteiger partial charge in [-0.15, -0.1) is 0 Å². The molecule has 0 saturated carbocycles. The quantitative estimate of drug-likeness (QED) is 0.817. The van der Waals surface area contributed by atoms with Crippen LogP contribution in [0.3, 0.4) is 0 Å². The number of carbonyl (C=O) groups is 1. The predicted molar refractivity (Wildman–Crippen MR) is 89.2 cm³/mol. The van der Waals surface area contributed by atoms with Crippen LogP contribution < -0.4 is 0 Å². The molecule has 140 valence electrons. The summed E-state index contributed by atoms with van der Waals surface area (Å²) >= 11 is 0. The first-order chi connectivity index (χ1) is 12.2. The molecule has 1 aliphatic heterocycles. The van der Waals surface area contributed by atoms with Gasteiger partial charge in [0, 0.05) is 13.1 Å². The van der Waals surface area contributed by atoms with Crippen molar-refractivity contribution in [2.24, 2.45) is 0 Å². The number of aryl methyl sites for hydroxylation is 1. The topological polar surface area (TPSA) is 47.4 Å². The minimum Gasteiger partial charge on any atom is -0.372 e. The second-order valence-corrected chi connectivity index (χ2v) is 6.62. The number of carbonyl (C=O) groups excluding carboxylic acids is 1. The van der Waals surface area contributed by atoms with Crippen molar-refractivity contribution in [2.45, 2.75) is 39.2 Å². The number of halogens is 3. The largest absolute Gasteiger partial charge is 0.434 e. The molecule has 2 heterocycles.